The lowest BCUT2D eigenvalue weighted by molar-refractivity contribution is -0.143. The summed E-state index contributed by atoms with van der Waals surface area (Å²) >= 11 is 1.19. The molecular weight excluding hydrogens is 440 g/mol. The van der Waals surface area contributed by atoms with E-state index >= 15 is 0 Å². The maximum absolute atomic E-state index is 13.3. The lowest BCUT2D eigenvalue weighted by Gasteiger charge is -2.33. The summed E-state index contributed by atoms with van der Waals surface area (Å²) in [5.41, 5.74) is 2.44. The van der Waals surface area contributed by atoms with E-state index in [9.17, 15) is 14.4 Å². The Morgan fingerprint density at radius 1 is 1.12 bits per heavy atom. The molecule has 1 atom stereocenters. The number of benzene rings is 2. The number of nitrogens with one attached hydrogen (secondary N) is 2. The van der Waals surface area contributed by atoms with Crippen LogP contribution in [-0.2, 0) is 14.3 Å². The number of thiophene rings is 1. The summed E-state index contributed by atoms with van der Waals surface area (Å²) in [6, 6.07) is 13.0. The molecule has 1 aliphatic heterocycles. The molecular formula is C25H24N2O5S. The van der Waals surface area contributed by atoms with Crippen LogP contribution in [0.2, 0.25) is 0 Å². The van der Waals surface area contributed by atoms with Crippen molar-refractivity contribution < 1.29 is 23.9 Å². The van der Waals surface area contributed by atoms with E-state index in [0.717, 1.165) is 16.7 Å². The fourth-order valence-electron chi connectivity index (χ4n) is 3.51. The van der Waals surface area contributed by atoms with Gasteiger partial charge >= 0.3 is 5.97 Å². The molecule has 0 saturated carbocycles. The van der Waals surface area contributed by atoms with E-state index < -0.39 is 23.4 Å². The van der Waals surface area contributed by atoms with Gasteiger partial charge in [0.25, 0.3) is 17.4 Å². The van der Waals surface area contributed by atoms with Gasteiger partial charge in [-0.15, -0.1) is 11.3 Å². The number of hydrogen-bond donors (Lipinski definition) is 2. The summed E-state index contributed by atoms with van der Waals surface area (Å²) in [5, 5.41) is 7.55. The minimum atomic E-state index is -1.82. The van der Waals surface area contributed by atoms with Crippen molar-refractivity contribution in [2.24, 2.45) is 0 Å². The quantitative estimate of drug-likeness (QED) is 0.412. The van der Waals surface area contributed by atoms with Crippen LogP contribution >= 0.6 is 11.3 Å². The van der Waals surface area contributed by atoms with E-state index in [-0.39, 0.29) is 12.2 Å². The van der Waals surface area contributed by atoms with Gasteiger partial charge in [-0.1, -0.05) is 35.9 Å². The Bertz CT molecular complexity index is 1250. The molecule has 2 amide bonds. The topological polar surface area (TPSA) is 93.7 Å². The van der Waals surface area contributed by atoms with Crippen molar-refractivity contribution in [2.75, 3.05) is 17.2 Å². The molecule has 0 fully saturated rings. The zero-order valence-corrected chi connectivity index (χ0v) is 19.6. The van der Waals surface area contributed by atoms with Crippen molar-refractivity contribution >= 4 is 39.8 Å². The van der Waals surface area contributed by atoms with Gasteiger partial charge in [-0.05, 0) is 51.0 Å². The SMILES string of the molecule is CCOC(=O)c1c(-c2ccc(C)cc2)csc1NC(=O)C1(C)Oc2ccc(C)cc2NC1=O. The molecule has 0 spiro atoms. The van der Waals surface area contributed by atoms with E-state index in [4.69, 9.17) is 9.47 Å². The molecule has 1 aromatic heterocycles. The highest BCUT2D eigenvalue weighted by Crippen LogP contribution is 2.38. The van der Waals surface area contributed by atoms with Crippen LogP contribution in [0.1, 0.15) is 35.3 Å². The Morgan fingerprint density at radius 2 is 1.82 bits per heavy atom. The van der Waals surface area contributed by atoms with E-state index in [1.807, 2.05) is 44.2 Å². The van der Waals surface area contributed by atoms with Gasteiger partial charge in [0.15, 0.2) is 0 Å². The number of anilines is 2. The molecule has 1 aliphatic rings. The number of aryl methyl sites for hydroxylation is 2. The average molecular weight is 465 g/mol. The van der Waals surface area contributed by atoms with Crippen molar-refractivity contribution in [3.8, 4) is 16.9 Å². The second kappa shape index (κ2) is 8.71. The van der Waals surface area contributed by atoms with Gasteiger partial charge in [0.2, 0.25) is 0 Å². The van der Waals surface area contributed by atoms with Gasteiger partial charge in [0, 0.05) is 10.9 Å². The number of ether oxygens (including phenoxy) is 2. The molecule has 170 valence electrons. The summed E-state index contributed by atoms with van der Waals surface area (Å²) in [4.78, 5) is 38.9. The first-order chi connectivity index (χ1) is 15.7. The van der Waals surface area contributed by atoms with Crippen LogP contribution in [0.25, 0.3) is 11.1 Å². The summed E-state index contributed by atoms with van der Waals surface area (Å²) in [6.45, 7) is 7.18. The molecule has 0 radical (unpaired) electrons. The number of rotatable bonds is 5. The maximum Gasteiger partial charge on any atom is 0.341 e. The molecule has 4 rings (SSSR count). The lowest BCUT2D eigenvalue weighted by Crippen LogP contribution is -2.56. The largest absolute Gasteiger partial charge is 0.466 e. The third-order valence-corrected chi connectivity index (χ3v) is 6.32. The second-order valence-electron chi connectivity index (χ2n) is 7.98. The summed E-state index contributed by atoms with van der Waals surface area (Å²) < 4.78 is 11.1. The molecule has 2 aromatic carbocycles. The van der Waals surface area contributed by atoms with Crippen LogP contribution in [0.15, 0.2) is 47.8 Å². The van der Waals surface area contributed by atoms with Crippen LogP contribution < -0.4 is 15.4 Å². The Balaban J connectivity index is 1.67. The van der Waals surface area contributed by atoms with Gasteiger partial charge in [0.05, 0.1) is 12.3 Å². The smallest absolute Gasteiger partial charge is 0.341 e. The molecule has 1 unspecified atom stereocenters. The molecule has 8 heteroatoms. The number of amides is 2. The van der Waals surface area contributed by atoms with E-state index in [1.54, 1.807) is 24.4 Å². The monoisotopic (exact) mass is 464 g/mol. The molecule has 3 aromatic rings. The highest BCUT2D eigenvalue weighted by Gasteiger charge is 2.47. The maximum atomic E-state index is 13.3. The molecule has 0 saturated heterocycles. The van der Waals surface area contributed by atoms with Crippen molar-refractivity contribution in [3.05, 3.63) is 64.5 Å². The van der Waals surface area contributed by atoms with Crippen molar-refractivity contribution in [1.82, 2.24) is 0 Å². The van der Waals surface area contributed by atoms with Crippen molar-refractivity contribution in [1.29, 1.82) is 0 Å². The Labute approximate surface area is 195 Å². The first-order valence-electron chi connectivity index (χ1n) is 10.5. The van der Waals surface area contributed by atoms with Gasteiger partial charge in [0.1, 0.15) is 16.3 Å². The van der Waals surface area contributed by atoms with Gasteiger partial charge in [-0.2, -0.15) is 0 Å². The molecule has 2 heterocycles. The third kappa shape index (κ3) is 4.21. The van der Waals surface area contributed by atoms with Crippen LogP contribution in [0.5, 0.6) is 5.75 Å². The third-order valence-electron chi connectivity index (χ3n) is 5.42. The second-order valence-corrected chi connectivity index (χ2v) is 8.86. The zero-order chi connectivity index (χ0) is 23.8. The fourth-order valence-corrected chi connectivity index (χ4v) is 4.46. The fraction of sp³-hybridized carbons (Fsp3) is 0.240. The predicted octanol–water partition coefficient (Wildman–Crippen LogP) is 4.94. The summed E-state index contributed by atoms with van der Waals surface area (Å²) in [5.74, 6) is -1.43. The first-order valence-corrected chi connectivity index (χ1v) is 11.4. The number of hydrogen-bond acceptors (Lipinski definition) is 6. The standard InChI is InChI=1S/C25H24N2O5S/c1-5-31-22(28)20-17(16-9-6-14(2)7-10-16)13-33-21(20)27-24(30)25(4)23(29)26-18-12-15(3)8-11-19(18)32-25/h6-13H,5H2,1-4H3,(H,26,29)(H,27,30). The summed E-state index contributed by atoms with van der Waals surface area (Å²) in [6.07, 6.45) is 0. The van der Waals surface area contributed by atoms with Crippen molar-refractivity contribution in [2.45, 2.75) is 33.3 Å². The van der Waals surface area contributed by atoms with Crippen LogP contribution in [0, 0.1) is 13.8 Å². The molecule has 2 N–H and O–H groups in total. The minimum absolute atomic E-state index is 0.189. The molecule has 7 nitrogen and oxygen atoms in total. The molecule has 0 bridgehead atoms. The zero-order valence-electron chi connectivity index (χ0n) is 18.8. The van der Waals surface area contributed by atoms with Crippen LogP contribution in [0.3, 0.4) is 0 Å². The number of fused-ring (bicyclic) bond motifs is 1. The minimum Gasteiger partial charge on any atom is -0.466 e. The van der Waals surface area contributed by atoms with Crippen LogP contribution in [0.4, 0.5) is 10.7 Å². The van der Waals surface area contributed by atoms with Gasteiger partial charge < -0.3 is 20.1 Å². The Kier molecular flexibility index (Phi) is 5.95. The Morgan fingerprint density at radius 3 is 2.52 bits per heavy atom. The van der Waals surface area contributed by atoms with E-state index in [1.165, 1.54) is 18.3 Å². The average Bonchev–Trinajstić information content (AvgIpc) is 3.19. The highest BCUT2D eigenvalue weighted by atomic mass is 32.1. The number of carbonyl (C=O) groups excluding carboxylic acids is 3. The summed E-state index contributed by atoms with van der Waals surface area (Å²) in [7, 11) is 0. The highest BCUT2D eigenvalue weighted by molar-refractivity contribution is 7.15. The van der Waals surface area contributed by atoms with Gasteiger partial charge in [-0.3, -0.25) is 9.59 Å². The number of carbonyl (C=O) groups is 3. The predicted molar refractivity (Wildman–Crippen MR) is 128 cm³/mol. The number of esters is 1. The normalized spacial score (nSPS) is 16.9. The van der Waals surface area contributed by atoms with Gasteiger partial charge in [-0.25, -0.2) is 4.79 Å². The molecule has 33 heavy (non-hydrogen) atoms. The van der Waals surface area contributed by atoms with Crippen LogP contribution in [-0.4, -0.2) is 30.0 Å². The molecule has 0 aliphatic carbocycles. The van der Waals surface area contributed by atoms with Crippen molar-refractivity contribution in [3.63, 3.8) is 0 Å². The van der Waals surface area contributed by atoms with E-state index in [0.29, 0.717) is 22.0 Å². The Hall–Kier alpha value is -3.65. The lowest BCUT2D eigenvalue weighted by atomic mass is 10.0. The first kappa shape index (κ1) is 22.5. The van der Waals surface area contributed by atoms with E-state index in [2.05, 4.69) is 10.6 Å².